The van der Waals surface area contributed by atoms with Crippen molar-refractivity contribution < 1.29 is 13.8 Å². The monoisotopic (exact) mass is 408 g/mol. The van der Waals surface area contributed by atoms with Gasteiger partial charge in [0.2, 0.25) is 5.82 Å². The van der Waals surface area contributed by atoms with Crippen LogP contribution in [0.4, 0.5) is 0 Å². The Bertz CT molecular complexity index is 1040. The normalized spacial score (nSPS) is 16.3. The number of unbranched alkanes of at least 4 members (excludes halogenated alkanes) is 3. The first-order valence-electron chi connectivity index (χ1n) is 10.8. The van der Waals surface area contributed by atoms with Crippen molar-refractivity contribution in [2.24, 2.45) is 11.5 Å². The van der Waals surface area contributed by atoms with Gasteiger partial charge in [-0.3, -0.25) is 16.0 Å². The summed E-state index contributed by atoms with van der Waals surface area (Å²) < 4.78 is 13.4. The van der Waals surface area contributed by atoms with E-state index in [1.54, 1.807) is 0 Å². The molecule has 1 atom stereocenters. The van der Waals surface area contributed by atoms with Gasteiger partial charge in [0.1, 0.15) is 5.75 Å². The van der Waals surface area contributed by atoms with E-state index < -0.39 is 0 Å². The Labute approximate surface area is 176 Å². The predicted octanol–water partition coefficient (Wildman–Crippen LogP) is 3.97. The Morgan fingerprint density at radius 2 is 1.97 bits per heavy atom. The van der Waals surface area contributed by atoms with Crippen LogP contribution in [-0.2, 0) is 0 Å². The number of fused-ring (bicyclic) bond motifs is 1. The van der Waals surface area contributed by atoms with Crippen LogP contribution in [-0.4, -0.2) is 33.8 Å². The van der Waals surface area contributed by atoms with Gasteiger partial charge in [-0.2, -0.15) is 4.98 Å². The first-order chi connectivity index (χ1) is 14.7. The average molecular weight is 409 g/mol. The molecule has 0 unspecified atom stereocenters. The molecule has 1 aromatic heterocycles. The lowest BCUT2D eigenvalue weighted by molar-refractivity contribution is -0.555. The molecule has 2 heterocycles. The summed E-state index contributed by atoms with van der Waals surface area (Å²) in [6.07, 6.45) is 6.71. The average Bonchev–Trinajstić information content (AvgIpc) is 3.42. The minimum absolute atomic E-state index is 0.0475. The molecule has 4 N–H and O–H groups in total. The van der Waals surface area contributed by atoms with E-state index >= 15 is 0 Å². The minimum Gasteiger partial charge on any atom is -0.494 e. The number of hydrogen-bond acceptors (Lipinski definition) is 4. The fraction of sp³-hybridized carbons (Fsp3) is 0.435. The van der Waals surface area contributed by atoms with E-state index in [9.17, 15) is 0 Å². The zero-order chi connectivity index (χ0) is 20.9. The third kappa shape index (κ3) is 4.40. The maximum absolute atomic E-state index is 5.90. The summed E-state index contributed by atoms with van der Waals surface area (Å²) in [6, 6.07) is 12.3. The van der Waals surface area contributed by atoms with Crippen LogP contribution >= 0.6 is 0 Å². The van der Waals surface area contributed by atoms with Crippen molar-refractivity contribution in [1.82, 2.24) is 10.1 Å². The van der Waals surface area contributed by atoms with Gasteiger partial charge >= 0.3 is 5.96 Å². The van der Waals surface area contributed by atoms with Crippen LogP contribution < -0.4 is 16.2 Å². The Morgan fingerprint density at radius 3 is 2.80 bits per heavy atom. The lowest BCUT2D eigenvalue weighted by Crippen LogP contribution is -2.35. The smallest absolute Gasteiger partial charge is 0.341 e. The lowest BCUT2D eigenvalue weighted by Gasteiger charge is -2.08. The van der Waals surface area contributed by atoms with E-state index in [2.05, 4.69) is 41.3 Å². The summed E-state index contributed by atoms with van der Waals surface area (Å²) in [7, 11) is 0. The number of nitrogens with zero attached hydrogens (tertiary/aromatic N) is 3. The van der Waals surface area contributed by atoms with Crippen LogP contribution in [0.2, 0.25) is 0 Å². The second kappa shape index (κ2) is 9.15. The van der Waals surface area contributed by atoms with Crippen molar-refractivity contribution in [3.05, 3.63) is 42.3 Å². The third-order valence-corrected chi connectivity index (χ3v) is 5.65. The van der Waals surface area contributed by atoms with E-state index in [4.69, 9.17) is 20.7 Å². The molecule has 158 valence electrons. The maximum Gasteiger partial charge on any atom is 0.341 e. The zero-order valence-corrected chi connectivity index (χ0v) is 17.5. The first-order valence-corrected chi connectivity index (χ1v) is 10.8. The van der Waals surface area contributed by atoms with Crippen LogP contribution in [0.5, 0.6) is 5.75 Å². The van der Waals surface area contributed by atoms with Gasteiger partial charge in [-0.15, -0.1) is 0 Å². The molecule has 7 nitrogen and oxygen atoms in total. The van der Waals surface area contributed by atoms with Crippen LogP contribution in [0.25, 0.3) is 22.2 Å². The summed E-state index contributed by atoms with van der Waals surface area (Å²) >= 11 is 0. The molecule has 1 aliphatic heterocycles. The summed E-state index contributed by atoms with van der Waals surface area (Å²) in [5.41, 5.74) is 12.5. The van der Waals surface area contributed by atoms with Crippen molar-refractivity contribution in [3.8, 4) is 17.1 Å². The molecule has 1 fully saturated rings. The summed E-state index contributed by atoms with van der Waals surface area (Å²) in [4.78, 5) is 4.62. The van der Waals surface area contributed by atoms with E-state index in [1.165, 1.54) is 19.3 Å². The summed E-state index contributed by atoms with van der Waals surface area (Å²) in [5.74, 6) is 2.34. The molecular weight excluding hydrogens is 378 g/mol. The van der Waals surface area contributed by atoms with Crippen molar-refractivity contribution >= 4 is 16.7 Å². The van der Waals surface area contributed by atoms with E-state index in [1.807, 2.05) is 16.7 Å². The van der Waals surface area contributed by atoms with Crippen LogP contribution in [0.15, 0.2) is 40.9 Å². The van der Waals surface area contributed by atoms with Crippen molar-refractivity contribution in [1.29, 1.82) is 0 Å². The molecule has 2 aromatic carbocycles. The predicted molar refractivity (Wildman–Crippen MR) is 117 cm³/mol. The SMILES string of the molecule is CCCCCCOc1ccc2cc(-c3noc([C@@H]4CCC[N+]4=C(N)N)n3)ccc2c1. The quantitative estimate of drug-likeness (QED) is 0.332. The standard InChI is InChI=1S/C23H29N5O2/c1-2-3-4-5-13-29-19-11-10-16-14-18(9-8-17(16)15-19)21-26-22(30-27-21)20-7-6-12-28(20)23(24)25/h8-11,14-15,20H,2-7,12-13H2,1H3,(H3,24,25)/p+1/t20-/m0/s1. The topological polar surface area (TPSA) is 103 Å². The van der Waals surface area contributed by atoms with E-state index in [0.717, 1.165) is 54.5 Å². The van der Waals surface area contributed by atoms with E-state index in [-0.39, 0.29) is 6.04 Å². The highest BCUT2D eigenvalue weighted by molar-refractivity contribution is 5.87. The second-order valence-electron chi connectivity index (χ2n) is 7.87. The number of hydrogen-bond donors (Lipinski definition) is 2. The van der Waals surface area contributed by atoms with Crippen molar-refractivity contribution in [2.75, 3.05) is 13.2 Å². The van der Waals surface area contributed by atoms with Crippen LogP contribution in [0, 0.1) is 0 Å². The third-order valence-electron chi connectivity index (χ3n) is 5.65. The van der Waals surface area contributed by atoms with Gasteiger partial charge in [-0.1, -0.05) is 49.5 Å². The molecule has 0 aliphatic carbocycles. The molecule has 0 radical (unpaired) electrons. The van der Waals surface area contributed by atoms with Crippen LogP contribution in [0.3, 0.4) is 0 Å². The number of guanidine groups is 1. The van der Waals surface area contributed by atoms with Gasteiger partial charge in [-0.05, 0) is 48.2 Å². The molecule has 30 heavy (non-hydrogen) atoms. The minimum atomic E-state index is -0.0475. The molecule has 1 saturated heterocycles. The highest BCUT2D eigenvalue weighted by atomic mass is 16.5. The van der Waals surface area contributed by atoms with Crippen LogP contribution in [0.1, 0.15) is 57.4 Å². The second-order valence-corrected chi connectivity index (χ2v) is 7.87. The summed E-state index contributed by atoms with van der Waals surface area (Å²) in [5, 5.41) is 6.42. The van der Waals surface area contributed by atoms with Gasteiger partial charge in [-0.25, -0.2) is 0 Å². The van der Waals surface area contributed by atoms with E-state index in [0.29, 0.717) is 17.7 Å². The van der Waals surface area contributed by atoms with Gasteiger partial charge in [0, 0.05) is 5.56 Å². The molecule has 7 heteroatoms. The highest BCUT2D eigenvalue weighted by Crippen LogP contribution is 2.30. The number of rotatable bonds is 8. The molecule has 0 bridgehead atoms. The maximum atomic E-state index is 5.90. The molecule has 0 spiro atoms. The fourth-order valence-corrected chi connectivity index (χ4v) is 3.99. The summed E-state index contributed by atoms with van der Waals surface area (Å²) in [6.45, 7) is 3.79. The number of ether oxygens (including phenoxy) is 1. The molecular formula is C23H30N5O2+. The zero-order valence-electron chi connectivity index (χ0n) is 17.5. The number of aromatic nitrogens is 2. The molecule has 1 aliphatic rings. The van der Waals surface area contributed by atoms with Crippen molar-refractivity contribution in [2.45, 2.75) is 51.5 Å². The number of benzene rings is 2. The lowest BCUT2D eigenvalue weighted by atomic mass is 10.1. The molecule has 0 amide bonds. The first kappa shape index (κ1) is 20.2. The molecule has 3 aromatic rings. The number of nitrogens with two attached hydrogens (primary N) is 2. The highest BCUT2D eigenvalue weighted by Gasteiger charge is 2.31. The Hall–Kier alpha value is -3.09. The van der Waals surface area contributed by atoms with Gasteiger partial charge in [0.05, 0.1) is 13.2 Å². The Balaban J connectivity index is 1.48. The van der Waals surface area contributed by atoms with Gasteiger partial charge in [0.25, 0.3) is 5.89 Å². The molecule has 0 saturated carbocycles. The largest absolute Gasteiger partial charge is 0.494 e. The molecule has 4 rings (SSSR count). The van der Waals surface area contributed by atoms with Gasteiger partial charge < -0.3 is 9.26 Å². The Kier molecular flexibility index (Phi) is 6.16. The van der Waals surface area contributed by atoms with Crippen molar-refractivity contribution in [3.63, 3.8) is 0 Å². The fourth-order valence-electron chi connectivity index (χ4n) is 3.99. The Morgan fingerprint density at radius 1 is 1.13 bits per heavy atom. The van der Waals surface area contributed by atoms with Gasteiger partial charge in [0.15, 0.2) is 6.04 Å².